The standard InChI is InChI=1S/C13H10BrFN4OS/c1-6-10(13(16-2)21-19-6)12-17-11(18-20-12)8-5-7(15)3-4-9(8)14/h3-5,16H,1-2H3. The van der Waals surface area contributed by atoms with E-state index in [4.69, 9.17) is 4.52 Å². The average molecular weight is 369 g/mol. The molecular weight excluding hydrogens is 359 g/mol. The summed E-state index contributed by atoms with van der Waals surface area (Å²) in [7, 11) is 1.80. The van der Waals surface area contributed by atoms with Crippen LogP contribution in [0.4, 0.5) is 9.39 Å². The van der Waals surface area contributed by atoms with Crippen molar-refractivity contribution in [2.45, 2.75) is 6.92 Å². The molecule has 0 aliphatic carbocycles. The fourth-order valence-electron chi connectivity index (χ4n) is 1.90. The Morgan fingerprint density at radius 1 is 1.38 bits per heavy atom. The van der Waals surface area contributed by atoms with Crippen LogP contribution in [-0.4, -0.2) is 21.6 Å². The topological polar surface area (TPSA) is 63.8 Å². The van der Waals surface area contributed by atoms with Crippen molar-refractivity contribution in [3.05, 3.63) is 34.2 Å². The van der Waals surface area contributed by atoms with Crippen molar-refractivity contribution in [2.24, 2.45) is 0 Å². The molecule has 0 bridgehead atoms. The number of aromatic nitrogens is 3. The molecule has 0 fully saturated rings. The predicted octanol–water partition coefficient (Wildman–Crippen LogP) is 4.11. The Balaban J connectivity index is 2.08. The van der Waals surface area contributed by atoms with Crippen molar-refractivity contribution in [1.82, 2.24) is 14.5 Å². The molecule has 0 radical (unpaired) electrons. The first-order chi connectivity index (χ1) is 10.1. The van der Waals surface area contributed by atoms with E-state index in [2.05, 4.69) is 35.8 Å². The van der Waals surface area contributed by atoms with Gasteiger partial charge in [-0.25, -0.2) is 4.39 Å². The fourth-order valence-corrected chi connectivity index (χ4v) is 3.06. The van der Waals surface area contributed by atoms with Gasteiger partial charge in [0.25, 0.3) is 5.89 Å². The Bertz CT molecular complexity index is 801. The highest BCUT2D eigenvalue weighted by Gasteiger charge is 2.20. The van der Waals surface area contributed by atoms with Gasteiger partial charge in [-0.3, -0.25) is 0 Å². The maximum atomic E-state index is 13.4. The second kappa shape index (κ2) is 5.53. The number of hydrogen-bond acceptors (Lipinski definition) is 6. The molecule has 0 saturated carbocycles. The number of nitrogens with one attached hydrogen (secondary N) is 1. The monoisotopic (exact) mass is 368 g/mol. The summed E-state index contributed by atoms with van der Waals surface area (Å²) in [5.74, 6) is 0.324. The quantitative estimate of drug-likeness (QED) is 0.753. The van der Waals surface area contributed by atoms with Crippen LogP contribution in [0.25, 0.3) is 22.8 Å². The van der Waals surface area contributed by atoms with Crippen molar-refractivity contribution >= 4 is 32.5 Å². The fraction of sp³-hybridized carbons (Fsp3) is 0.154. The first kappa shape index (κ1) is 14.2. The third kappa shape index (κ3) is 2.56. The first-order valence-corrected chi connectivity index (χ1v) is 7.60. The molecule has 8 heteroatoms. The summed E-state index contributed by atoms with van der Waals surface area (Å²) in [6.45, 7) is 1.87. The van der Waals surface area contributed by atoms with Crippen molar-refractivity contribution in [3.63, 3.8) is 0 Å². The van der Waals surface area contributed by atoms with Crippen LogP contribution in [0, 0.1) is 12.7 Å². The third-order valence-corrected chi connectivity index (χ3v) is 4.55. The molecule has 0 aliphatic rings. The summed E-state index contributed by atoms with van der Waals surface area (Å²) in [4.78, 5) is 4.35. The maximum absolute atomic E-state index is 13.4. The van der Waals surface area contributed by atoms with E-state index in [9.17, 15) is 4.39 Å². The van der Waals surface area contributed by atoms with Gasteiger partial charge in [-0.2, -0.15) is 9.36 Å². The average Bonchev–Trinajstić information content (AvgIpc) is 3.07. The summed E-state index contributed by atoms with van der Waals surface area (Å²) >= 11 is 4.68. The molecule has 3 rings (SSSR count). The van der Waals surface area contributed by atoms with E-state index in [-0.39, 0.29) is 5.82 Å². The van der Waals surface area contributed by atoms with Gasteiger partial charge in [0.2, 0.25) is 5.82 Å². The van der Waals surface area contributed by atoms with Gasteiger partial charge in [0, 0.05) is 17.1 Å². The second-order valence-electron chi connectivity index (χ2n) is 4.27. The minimum atomic E-state index is -0.358. The Labute approximate surface area is 132 Å². The molecule has 0 spiro atoms. The van der Waals surface area contributed by atoms with Crippen LogP contribution < -0.4 is 5.32 Å². The van der Waals surface area contributed by atoms with Crippen LogP contribution in [0.3, 0.4) is 0 Å². The Kier molecular flexibility index (Phi) is 3.73. The van der Waals surface area contributed by atoms with Crippen molar-refractivity contribution in [3.8, 4) is 22.8 Å². The zero-order chi connectivity index (χ0) is 15.0. The SMILES string of the molecule is CNc1snc(C)c1-c1nc(-c2cc(F)ccc2Br)no1. The lowest BCUT2D eigenvalue weighted by Crippen LogP contribution is -1.89. The number of benzene rings is 1. The van der Waals surface area contributed by atoms with Gasteiger partial charge in [-0.1, -0.05) is 21.1 Å². The minimum Gasteiger partial charge on any atom is -0.378 e. The number of rotatable bonds is 3. The van der Waals surface area contributed by atoms with Gasteiger partial charge < -0.3 is 9.84 Å². The molecule has 0 unspecified atom stereocenters. The van der Waals surface area contributed by atoms with Crippen LogP contribution in [0.15, 0.2) is 27.2 Å². The van der Waals surface area contributed by atoms with E-state index in [1.165, 1.54) is 23.7 Å². The van der Waals surface area contributed by atoms with Crippen molar-refractivity contribution in [2.75, 3.05) is 12.4 Å². The number of halogens is 2. The van der Waals surface area contributed by atoms with Gasteiger partial charge in [0.1, 0.15) is 10.8 Å². The molecule has 3 aromatic rings. The molecule has 1 N–H and O–H groups in total. The van der Waals surface area contributed by atoms with E-state index >= 15 is 0 Å². The minimum absolute atomic E-state index is 0.323. The molecule has 0 atom stereocenters. The smallest absolute Gasteiger partial charge is 0.263 e. The van der Waals surface area contributed by atoms with Crippen LogP contribution in [0.5, 0.6) is 0 Å². The Morgan fingerprint density at radius 3 is 2.95 bits per heavy atom. The summed E-state index contributed by atoms with van der Waals surface area (Å²) in [5.41, 5.74) is 2.11. The zero-order valence-corrected chi connectivity index (χ0v) is 13.5. The van der Waals surface area contributed by atoms with Crippen LogP contribution in [0.2, 0.25) is 0 Å². The lowest BCUT2D eigenvalue weighted by Gasteiger charge is -1.98. The molecule has 0 saturated heterocycles. The number of aryl methyl sites for hydroxylation is 1. The van der Waals surface area contributed by atoms with Crippen LogP contribution >= 0.6 is 27.5 Å². The predicted molar refractivity (Wildman–Crippen MR) is 82.8 cm³/mol. The van der Waals surface area contributed by atoms with Gasteiger partial charge in [0.15, 0.2) is 0 Å². The van der Waals surface area contributed by atoms with Crippen molar-refractivity contribution < 1.29 is 8.91 Å². The van der Waals surface area contributed by atoms with Crippen LogP contribution in [0.1, 0.15) is 5.69 Å². The van der Waals surface area contributed by atoms with Gasteiger partial charge in [-0.05, 0) is 36.7 Å². The van der Waals surface area contributed by atoms with E-state index < -0.39 is 0 Å². The molecule has 1 aromatic carbocycles. The van der Waals surface area contributed by atoms with Crippen LogP contribution in [-0.2, 0) is 0 Å². The van der Waals surface area contributed by atoms with E-state index in [1.54, 1.807) is 13.1 Å². The highest BCUT2D eigenvalue weighted by atomic mass is 79.9. The molecule has 2 heterocycles. The molecule has 0 amide bonds. The molecule has 21 heavy (non-hydrogen) atoms. The van der Waals surface area contributed by atoms with Gasteiger partial charge in [0.05, 0.1) is 11.3 Å². The first-order valence-electron chi connectivity index (χ1n) is 6.03. The number of hydrogen-bond donors (Lipinski definition) is 1. The molecule has 108 valence electrons. The lowest BCUT2D eigenvalue weighted by molar-refractivity contribution is 0.432. The highest BCUT2D eigenvalue weighted by Crippen LogP contribution is 2.35. The summed E-state index contributed by atoms with van der Waals surface area (Å²) < 4.78 is 23.6. The summed E-state index contributed by atoms with van der Waals surface area (Å²) in [6, 6.07) is 4.33. The van der Waals surface area contributed by atoms with Crippen molar-refractivity contribution in [1.29, 1.82) is 0 Å². The largest absolute Gasteiger partial charge is 0.378 e. The number of anilines is 1. The Morgan fingerprint density at radius 2 is 2.19 bits per heavy atom. The van der Waals surface area contributed by atoms with Gasteiger partial charge in [-0.15, -0.1) is 0 Å². The highest BCUT2D eigenvalue weighted by molar-refractivity contribution is 9.10. The molecule has 2 aromatic heterocycles. The third-order valence-electron chi connectivity index (χ3n) is 2.90. The van der Waals surface area contributed by atoms with Gasteiger partial charge >= 0.3 is 0 Å². The molecule has 5 nitrogen and oxygen atoms in total. The zero-order valence-electron chi connectivity index (χ0n) is 11.1. The molecule has 0 aliphatic heterocycles. The lowest BCUT2D eigenvalue weighted by atomic mass is 10.2. The van der Waals surface area contributed by atoms with E-state index in [0.717, 1.165) is 16.3 Å². The normalized spacial score (nSPS) is 10.9. The maximum Gasteiger partial charge on any atom is 0.263 e. The summed E-state index contributed by atoms with van der Waals surface area (Å²) in [5, 5.41) is 7.82. The summed E-state index contributed by atoms with van der Waals surface area (Å²) in [6.07, 6.45) is 0. The number of nitrogens with zero attached hydrogens (tertiary/aromatic N) is 3. The second-order valence-corrected chi connectivity index (χ2v) is 5.90. The van der Waals surface area contributed by atoms with E-state index in [0.29, 0.717) is 21.8 Å². The molecular formula is C13H10BrFN4OS. The van der Waals surface area contributed by atoms with E-state index in [1.807, 2.05) is 6.92 Å². The Hall–Kier alpha value is -1.80.